The van der Waals surface area contributed by atoms with Crippen LogP contribution in [-0.2, 0) is 6.42 Å². The lowest BCUT2D eigenvalue weighted by Crippen LogP contribution is -1.85. The molecule has 0 aromatic heterocycles. The standard InChI is InChI=1S/C10H11NO3/c1-2-9-7-8(3-4-10(9)12)5-6-11(13)14/h3-7,12H,2H2,1H3. The molecule has 14 heavy (non-hydrogen) atoms. The summed E-state index contributed by atoms with van der Waals surface area (Å²) in [5, 5.41) is 19.4. The van der Waals surface area contributed by atoms with Gasteiger partial charge in [0, 0.05) is 6.08 Å². The number of nitro groups is 1. The molecule has 74 valence electrons. The van der Waals surface area contributed by atoms with Crippen molar-refractivity contribution in [1.82, 2.24) is 0 Å². The highest BCUT2D eigenvalue weighted by Gasteiger charge is 1.99. The molecule has 0 heterocycles. The van der Waals surface area contributed by atoms with Crippen LogP contribution in [0, 0.1) is 10.1 Å². The molecule has 0 aliphatic heterocycles. The van der Waals surface area contributed by atoms with Gasteiger partial charge < -0.3 is 5.11 Å². The average Bonchev–Trinajstić information content (AvgIpc) is 2.16. The van der Waals surface area contributed by atoms with Gasteiger partial charge in [-0.15, -0.1) is 0 Å². The summed E-state index contributed by atoms with van der Waals surface area (Å²) in [4.78, 5) is 9.55. The molecule has 0 fully saturated rings. The van der Waals surface area contributed by atoms with Gasteiger partial charge in [0.1, 0.15) is 5.75 Å². The van der Waals surface area contributed by atoms with Gasteiger partial charge in [-0.2, -0.15) is 0 Å². The Morgan fingerprint density at radius 2 is 2.29 bits per heavy atom. The zero-order valence-corrected chi connectivity index (χ0v) is 7.80. The maximum absolute atomic E-state index is 10.1. The molecular formula is C10H11NO3. The van der Waals surface area contributed by atoms with Gasteiger partial charge in [-0.05, 0) is 29.7 Å². The fraction of sp³-hybridized carbons (Fsp3) is 0.200. The largest absolute Gasteiger partial charge is 0.508 e. The van der Waals surface area contributed by atoms with Crippen LogP contribution in [0.1, 0.15) is 18.1 Å². The minimum absolute atomic E-state index is 0.228. The molecular weight excluding hydrogens is 182 g/mol. The van der Waals surface area contributed by atoms with Crippen molar-refractivity contribution in [3.05, 3.63) is 45.6 Å². The molecule has 0 bridgehead atoms. The van der Waals surface area contributed by atoms with E-state index < -0.39 is 4.92 Å². The van der Waals surface area contributed by atoms with Crippen LogP contribution in [0.15, 0.2) is 24.4 Å². The van der Waals surface area contributed by atoms with Crippen LogP contribution in [-0.4, -0.2) is 10.0 Å². The predicted molar refractivity (Wildman–Crippen MR) is 53.5 cm³/mol. The first kappa shape index (κ1) is 10.2. The van der Waals surface area contributed by atoms with E-state index in [-0.39, 0.29) is 5.75 Å². The van der Waals surface area contributed by atoms with Crippen LogP contribution in [0.2, 0.25) is 0 Å². The number of nitrogens with zero attached hydrogens (tertiary/aromatic N) is 1. The Morgan fingerprint density at radius 3 is 2.86 bits per heavy atom. The molecule has 0 saturated heterocycles. The van der Waals surface area contributed by atoms with Crippen LogP contribution in [0.25, 0.3) is 6.08 Å². The number of hydrogen-bond acceptors (Lipinski definition) is 3. The van der Waals surface area contributed by atoms with Gasteiger partial charge in [0.2, 0.25) is 6.20 Å². The van der Waals surface area contributed by atoms with Gasteiger partial charge in [-0.3, -0.25) is 10.1 Å². The van der Waals surface area contributed by atoms with Gasteiger partial charge in [0.05, 0.1) is 4.92 Å². The maximum atomic E-state index is 10.1. The smallest absolute Gasteiger partial charge is 0.235 e. The van der Waals surface area contributed by atoms with Gasteiger partial charge in [0.15, 0.2) is 0 Å². The first-order chi connectivity index (χ1) is 6.63. The van der Waals surface area contributed by atoms with Gasteiger partial charge >= 0.3 is 0 Å². The summed E-state index contributed by atoms with van der Waals surface area (Å²) >= 11 is 0. The topological polar surface area (TPSA) is 63.4 Å². The van der Waals surface area contributed by atoms with Gasteiger partial charge in [-0.1, -0.05) is 13.0 Å². The fourth-order valence-electron chi connectivity index (χ4n) is 1.14. The van der Waals surface area contributed by atoms with Crippen LogP contribution >= 0.6 is 0 Å². The predicted octanol–water partition coefficient (Wildman–Crippen LogP) is 2.20. The Balaban J connectivity index is 2.95. The van der Waals surface area contributed by atoms with Crippen molar-refractivity contribution in [3.8, 4) is 5.75 Å². The van der Waals surface area contributed by atoms with Crippen molar-refractivity contribution in [1.29, 1.82) is 0 Å². The molecule has 0 radical (unpaired) electrons. The Hall–Kier alpha value is -1.84. The summed E-state index contributed by atoms with van der Waals surface area (Å²) in [5.41, 5.74) is 1.51. The maximum Gasteiger partial charge on any atom is 0.235 e. The third-order valence-corrected chi connectivity index (χ3v) is 1.87. The van der Waals surface area contributed by atoms with Crippen molar-refractivity contribution in [2.45, 2.75) is 13.3 Å². The van der Waals surface area contributed by atoms with E-state index in [4.69, 9.17) is 0 Å². The van der Waals surface area contributed by atoms with E-state index in [0.717, 1.165) is 17.3 Å². The number of aromatic hydroxyl groups is 1. The Labute approximate surface area is 81.6 Å². The molecule has 1 N–H and O–H groups in total. The molecule has 4 nitrogen and oxygen atoms in total. The van der Waals surface area contributed by atoms with E-state index in [1.807, 2.05) is 6.92 Å². The Bertz CT molecular complexity index is 372. The molecule has 0 atom stereocenters. The van der Waals surface area contributed by atoms with Crippen molar-refractivity contribution in [2.75, 3.05) is 0 Å². The second kappa shape index (κ2) is 4.41. The lowest BCUT2D eigenvalue weighted by Gasteiger charge is -2.01. The van der Waals surface area contributed by atoms with E-state index in [1.54, 1.807) is 18.2 Å². The highest BCUT2D eigenvalue weighted by Crippen LogP contribution is 2.19. The monoisotopic (exact) mass is 193 g/mol. The Kier molecular flexibility index (Phi) is 3.23. The molecule has 0 saturated carbocycles. The van der Waals surface area contributed by atoms with Crippen molar-refractivity contribution < 1.29 is 10.0 Å². The zero-order valence-electron chi connectivity index (χ0n) is 7.80. The minimum atomic E-state index is -0.515. The quantitative estimate of drug-likeness (QED) is 0.591. The van der Waals surface area contributed by atoms with E-state index in [0.29, 0.717) is 6.42 Å². The van der Waals surface area contributed by atoms with E-state index in [2.05, 4.69) is 0 Å². The third kappa shape index (κ3) is 2.58. The zero-order chi connectivity index (χ0) is 10.6. The van der Waals surface area contributed by atoms with Gasteiger partial charge in [-0.25, -0.2) is 0 Å². The number of hydrogen-bond donors (Lipinski definition) is 1. The number of benzene rings is 1. The minimum Gasteiger partial charge on any atom is -0.508 e. The molecule has 1 aromatic carbocycles. The first-order valence-electron chi connectivity index (χ1n) is 4.27. The molecule has 1 rings (SSSR count). The molecule has 0 aliphatic carbocycles. The van der Waals surface area contributed by atoms with Crippen molar-refractivity contribution >= 4 is 6.08 Å². The lowest BCUT2D eigenvalue weighted by atomic mass is 10.1. The summed E-state index contributed by atoms with van der Waals surface area (Å²) in [6.45, 7) is 1.91. The third-order valence-electron chi connectivity index (χ3n) is 1.87. The van der Waals surface area contributed by atoms with E-state index >= 15 is 0 Å². The SMILES string of the molecule is CCc1cc(C=C[N+](=O)[O-])ccc1O. The highest BCUT2D eigenvalue weighted by atomic mass is 16.6. The van der Waals surface area contributed by atoms with E-state index in [9.17, 15) is 15.2 Å². The number of rotatable bonds is 3. The first-order valence-corrected chi connectivity index (χ1v) is 4.27. The molecule has 0 spiro atoms. The van der Waals surface area contributed by atoms with Gasteiger partial charge in [0.25, 0.3) is 0 Å². The van der Waals surface area contributed by atoms with Crippen LogP contribution in [0.4, 0.5) is 0 Å². The highest BCUT2D eigenvalue weighted by molar-refractivity contribution is 5.52. The number of aryl methyl sites for hydroxylation is 1. The Morgan fingerprint density at radius 1 is 1.57 bits per heavy atom. The van der Waals surface area contributed by atoms with Crippen molar-refractivity contribution in [2.24, 2.45) is 0 Å². The summed E-state index contributed by atoms with van der Waals surface area (Å²) < 4.78 is 0. The van der Waals surface area contributed by atoms with Crippen LogP contribution in [0.3, 0.4) is 0 Å². The normalized spacial score (nSPS) is 10.6. The number of phenols is 1. The molecule has 0 aliphatic rings. The van der Waals surface area contributed by atoms with Crippen LogP contribution < -0.4 is 0 Å². The number of phenolic OH excluding ortho intramolecular Hbond substituents is 1. The summed E-state index contributed by atoms with van der Waals surface area (Å²) in [6, 6.07) is 4.91. The van der Waals surface area contributed by atoms with Crippen LogP contribution in [0.5, 0.6) is 5.75 Å². The molecule has 0 unspecified atom stereocenters. The molecule has 1 aromatic rings. The summed E-state index contributed by atoms with van der Waals surface area (Å²) in [7, 11) is 0. The second-order valence-corrected chi connectivity index (χ2v) is 2.84. The summed E-state index contributed by atoms with van der Waals surface area (Å²) in [6.07, 6.45) is 2.98. The fourth-order valence-corrected chi connectivity index (χ4v) is 1.14. The molecule has 4 heteroatoms. The second-order valence-electron chi connectivity index (χ2n) is 2.84. The average molecular weight is 193 g/mol. The molecule has 0 amide bonds. The lowest BCUT2D eigenvalue weighted by molar-refractivity contribution is -0.400. The van der Waals surface area contributed by atoms with Crippen molar-refractivity contribution in [3.63, 3.8) is 0 Å². The van der Waals surface area contributed by atoms with E-state index in [1.165, 1.54) is 6.08 Å². The summed E-state index contributed by atoms with van der Waals surface area (Å²) in [5.74, 6) is 0.228.